The van der Waals surface area contributed by atoms with Crippen LogP contribution in [0.15, 0.2) is 48.5 Å². The van der Waals surface area contributed by atoms with Gasteiger partial charge in [-0.05, 0) is 12.1 Å². The van der Waals surface area contributed by atoms with Gasteiger partial charge in [0.05, 0.1) is 11.0 Å². The zero-order valence-corrected chi connectivity index (χ0v) is 13.5. The van der Waals surface area contributed by atoms with Crippen molar-refractivity contribution >= 4 is 50.1 Å². The van der Waals surface area contributed by atoms with E-state index in [1.165, 1.54) is 21.8 Å². The molecule has 1 nitrogen and oxygen atoms in total. The van der Waals surface area contributed by atoms with Gasteiger partial charge in [-0.25, -0.2) is 0 Å². The molecule has 0 radical (unpaired) electrons. The van der Waals surface area contributed by atoms with Gasteiger partial charge in [0.1, 0.15) is 4.32 Å². The first-order valence-electron chi connectivity index (χ1n) is 6.69. The third kappa shape index (κ3) is 2.36. The second kappa shape index (κ2) is 4.90. The molecule has 0 N–H and O–H groups in total. The Kier molecular flexibility index (Phi) is 3.35. The van der Waals surface area contributed by atoms with Crippen LogP contribution >= 0.6 is 24.0 Å². The van der Waals surface area contributed by atoms with Gasteiger partial charge in [-0.1, -0.05) is 81.1 Å². The van der Waals surface area contributed by atoms with Gasteiger partial charge in [0.15, 0.2) is 0 Å². The van der Waals surface area contributed by atoms with E-state index >= 15 is 0 Å². The summed E-state index contributed by atoms with van der Waals surface area (Å²) >= 11 is 7.44. The van der Waals surface area contributed by atoms with Crippen LogP contribution in [-0.2, 0) is 0 Å². The first-order chi connectivity index (χ1) is 9.47. The number of hydrogen-bond donors (Lipinski definition) is 0. The Hall–Kier alpha value is -1.32. The number of rotatable bonds is 0. The van der Waals surface area contributed by atoms with Gasteiger partial charge in [0.2, 0.25) is 0 Å². The summed E-state index contributed by atoms with van der Waals surface area (Å²) in [6.45, 7) is 6.58. The first-order valence-corrected chi connectivity index (χ1v) is 7.91. The lowest BCUT2D eigenvalue weighted by molar-refractivity contribution is 0.808. The minimum Gasteiger partial charge on any atom is -0.295 e. The average molecular weight is 299 g/mol. The number of thioether (sulfide) groups is 1. The fourth-order valence-corrected chi connectivity index (χ4v) is 4.19. The molecule has 0 spiro atoms. The highest BCUT2D eigenvalue weighted by molar-refractivity contribution is 8.23. The molecule has 3 heteroatoms. The Morgan fingerprint density at radius 1 is 0.900 bits per heavy atom. The van der Waals surface area contributed by atoms with Crippen LogP contribution < -0.4 is 0 Å². The molecule has 0 amide bonds. The average Bonchev–Trinajstić information content (AvgIpc) is 2.71. The number of para-hydroxylation sites is 2. The van der Waals surface area contributed by atoms with Crippen molar-refractivity contribution in [2.24, 2.45) is 0 Å². The normalized spacial score (nSPS) is 12.2. The summed E-state index contributed by atoms with van der Waals surface area (Å²) < 4.78 is 3.23. The SMILES string of the molecule is CC(C)(C)SC(=S)n1c2ccccc2c2ccccc21. The maximum Gasteiger partial charge on any atom is 0.145 e. The maximum absolute atomic E-state index is 5.70. The van der Waals surface area contributed by atoms with Crippen molar-refractivity contribution in [1.29, 1.82) is 0 Å². The van der Waals surface area contributed by atoms with Crippen molar-refractivity contribution < 1.29 is 0 Å². The molecule has 102 valence electrons. The zero-order chi connectivity index (χ0) is 14.3. The van der Waals surface area contributed by atoms with Gasteiger partial charge in [-0.2, -0.15) is 0 Å². The summed E-state index contributed by atoms with van der Waals surface area (Å²) in [4.78, 5) is 0. The Labute approximate surface area is 129 Å². The van der Waals surface area contributed by atoms with Crippen LogP contribution in [0.3, 0.4) is 0 Å². The van der Waals surface area contributed by atoms with Crippen molar-refractivity contribution in [3.63, 3.8) is 0 Å². The summed E-state index contributed by atoms with van der Waals surface area (Å²) in [6.07, 6.45) is 0. The molecule has 0 saturated heterocycles. The quantitative estimate of drug-likeness (QED) is 0.508. The topological polar surface area (TPSA) is 4.93 Å². The molecule has 0 bridgehead atoms. The molecule has 3 rings (SSSR count). The predicted octanol–water partition coefficient (Wildman–Crippen LogP) is 5.46. The Morgan fingerprint density at radius 3 is 1.80 bits per heavy atom. The van der Waals surface area contributed by atoms with Crippen molar-refractivity contribution in [3.8, 4) is 0 Å². The largest absolute Gasteiger partial charge is 0.295 e. The van der Waals surface area contributed by atoms with Crippen LogP contribution in [-0.4, -0.2) is 13.6 Å². The van der Waals surface area contributed by atoms with Crippen LogP contribution in [0.5, 0.6) is 0 Å². The molecule has 0 fully saturated rings. The molecule has 0 unspecified atom stereocenters. The van der Waals surface area contributed by atoms with E-state index in [1.54, 1.807) is 11.8 Å². The van der Waals surface area contributed by atoms with Crippen molar-refractivity contribution in [1.82, 2.24) is 4.57 Å². The van der Waals surface area contributed by atoms with E-state index in [0.29, 0.717) is 0 Å². The van der Waals surface area contributed by atoms with Gasteiger partial charge in [0, 0.05) is 15.5 Å². The molecular weight excluding hydrogens is 282 g/mol. The van der Waals surface area contributed by atoms with E-state index in [1.807, 2.05) is 0 Å². The fraction of sp³-hybridized carbons (Fsp3) is 0.235. The molecule has 1 heterocycles. The first kappa shape index (κ1) is 13.7. The number of fused-ring (bicyclic) bond motifs is 3. The molecule has 0 saturated carbocycles. The van der Waals surface area contributed by atoms with Gasteiger partial charge in [-0.3, -0.25) is 4.57 Å². The smallest absolute Gasteiger partial charge is 0.145 e. The number of nitrogens with zero attached hydrogens (tertiary/aromatic N) is 1. The van der Waals surface area contributed by atoms with Crippen LogP contribution in [0.4, 0.5) is 0 Å². The van der Waals surface area contributed by atoms with Crippen LogP contribution in [0, 0.1) is 0 Å². The summed E-state index contributed by atoms with van der Waals surface area (Å²) in [5.74, 6) is 0. The maximum atomic E-state index is 5.70. The second-order valence-corrected chi connectivity index (χ2v) is 8.31. The number of thiocarbonyl (C=S) groups is 1. The molecule has 0 aliphatic heterocycles. The highest BCUT2D eigenvalue weighted by Gasteiger charge is 2.19. The number of hydrogen-bond acceptors (Lipinski definition) is 2. The van der Waals surface area contributed by atoms with Crippen LogP contribution in [0.2, 0.25) is 0 Å². The van der Waals surface area contributed by atoms with Crippen molar-refractivity contribution in [2.45, 2.75) is 25.5 Å². The van der Waals surface area contributed by atoms with Crippen molar-refractivity contribution in [3.05, 3.63) is 48.5 Å². The lowest BCUT2D eigenvalue weighted by Crippen LogP contribution is -2.15. The van der Waals surface area contributed by atoms with E-state index in [0.717, 1.165) is 4.32 Å². The minimum absolute atomic E-state index is 0.115. The molecular formula is C17H17NS2. The molecule has 0 aliphatic rings. The van der Waals surface area contributed by atoms with E-state index in [9.17, 15) is 0 Å². The van der Waals surface area contributed by atoms with Gasteiger partial charge in [-0.15, -0.1) is 0 Å². The Morgan fingerprint density at radius 2 is 1.35 bits per heavy atom. The van der Waals surface area contributed by atoms with Crippen LogP contribution in [0.1, 0.15) is 20.8 Å². The second-order valence-electron chi connectivity index (χ2n) is 5.85. The van der Waals surface area contributed by atoms with Gasteiger partial charge < -0.3 is 0 Å². The monoisotopic (exact) mass is 299 g/mol. The lowest BCUT2D eigenvalue weighted by Gasteiger charge is -2.19. The fourth-order valence-electron chi connectivity index (χ4n) is 2.43. The highest BCUT2D eigenvalue weighted by Crippen LogP contribution is 2.33. The molecule has 2 aromatic carbocycles. The predicted molar refractivity (Wildman–Crippen MR) is 94.8 cm³/mol. The number of aromatic nitrogens is 1. The van der Waals surface area contributed by atoms with E-state index in [-0.39, 0.29) is 4.75 Å². The third-order valence-electron chi connectivity index (χ3n) is 3.16. The molecule has 1 aromatic heterocycles. The third-order valence-corrected chi connectivity index (χ3v) is 4.56. The van der Waals surface area contributed by atoms with Gasteiger partial charge in [0.25, 0.3) is 0 Å². The molecule has 3 aromatic rings. The molecule has 0 atom stereocenters. The van der Waals surface area contributed by atoms with E-state index in [2.05, 4.69) is 73.9 Å². The molecule has 20 heavy (non-hydrogen) atoms. The van der Waals surface area contributed by atoms with E-state index < -0.39 is 0 Å². The molecule has 0 aliphatic carbocycles. The van der Waals surface area contributed by atoms with Gasteiger partial charge >= 0.3 is 0 Å². The number of benzene rings is 2. The summed E-state index contributed by atoms with van der Waals surface area (Å²) in [5.41, 5.74) is 2.38. The summed E-state index contributed by atoms with van der Waals surface area (Å²) in [7, 11) is 0. The lowest BCUT2D eigenvalue weighted by atomic mass is 10.2. The standard InChI is InChI=1S/C17H17NS2/c1-17(2,3)20-16(19)18-14-10-6-4-8-12(14)13-9-5-7-11-15(13)18/h4-11H,1-3H3. The van der Waals surface area contributed by atoms with Crippen molar-refractivity contribution in [2.75, 3.05) is 0 Å². The van der Waals surface area contributed by atoms with Crippen LogP contribution in [0.25, 0.3) is 21.8 Å². The highest BCUT2D eigenvalue weighted by atomic mass is 32.2. The summed E-state index contributed by atoms with van der Waals surface area (Å²) in [6, 6.07) is 16.9. The Balaban J connectivity index is 2.29. The Bertz CT molecular complexity index is 740. The summed E-state index contributed by atoms with van der Waals surface area (Å²) in [5, 5.41) is 2.53. The minimum atomic E-state index is 0.115. The zero-order valence-electron chi connectivity index (χ0n) is 11.9. The van der Waals surface area contributed by atoms with E-state index in [4.69, 9.17) is 12.2 Å².